The number of rotatable bonds is 4. The monoisotopic (exact) mass is 304 g/mol. The molecule has 0 radical (unpaired) electrons. The number of amides is 2. The number of para-hydroxylation sites is 1. The van der Waals surface area contributed by atoms with Gasteiger partial charge < -0.3 is 15.7 Å². The molecule has 2 aromatic carbocycles. The Morgan fingerprint density at radius 1 is 1.19 bits per heavy atom. The van der Waals surface area contributed by atoms with Crippen molar-refractivity contribution in [2.45, 2.75) is 13.0 Å². The second kappa shape index (κ2) is 7.11. The Morgan fingerprint density at radius 2 is 1.86 bits per heavy atom. The molecule has 0 fully saturated rings. The number of nitrogens with one attached hydrogen (secondary N) is 2. The molecule has 2 rings (SSSR count). The van der Waals surface area contributed by atoms with Crippen LogP contribution in [0.15, 0.2) is 48.5 Å². The third-order valence-electron chi connectivity index (χ3n) is 3.13. The molecular formula is C16H17ClN2O2. The minimum Gasteiger partial charge on any atom is -0.387 e. The molecule has 3 N–H and O–H groups in total. The van der Waals surface area contributed by atoms with Crippen molar-refractivity contribution >= 4 is 23.3 Å². The summed E-state index contributed by atoms with van der Waals surface area (Å²) in [6.45, 7) is 2.05. The third-order valence-corrected chi connectivity index (χ3v) is 3.46. The predicted molar refractivity (Wildman–Crippen MR) is 84.6 cm³/mol. The van der Waals surface area contributed by atoms with Gasteiger partial charge >= 0.3 is 6.03 Å². The van der Waals surface area contributed by atoms with Gasteiger partial charge in [-0.1, -0.05) is 48.0 Å². The van der Waals surface area contributed by atoms with Gasteiger partial charge in [-0.25, -0.2) is 4.79 Å². The summed E-state index contributed by atoms with van der Waals surface area (Å²) in [7, 11) is 0. The van der Waals surface area contributed by atoms with Gasteiger partial charge in [0.1, 0.15) is 0 Å². The van der Waals surface area contributed by atoms with Crippen molar-refractivity contribution in [1.29, 1.82) is 0 Å². The molecule has 1 unspecified atom stereocenters. The number of hydrogen-bond acceptors (Lipinski definition) is 2. The van der Waals surface area contributed by atoms with Gasteiger partial charge in [0.15, 0.2) is 0 Å². The summed E-state index contributed by atoms with van der Waals surface area (Å²) in [5.74, 6) is 0. The summed E-state index contributed by atoms with van der Waals surface area (Å²) < 4.78 is 0. The minimum absolute atomic E-state index is 0.126. The first-order valence-corrected chi connectivity index (χ1v) is 6.98. The summed E-state index contributed by atoms with van der Waals surface area (Å²) in [5.41, 5.74) is 2.32. The van der Waals surface area contributed by atoms with E-state index in [1.165, 1.54) is 0 Å². The summed E-state index contributed by atoms with van der Waals surface area (Å²) in [6.07, 6.45) is -0.747. The standard InChI is InChI=1S/C16H17ClN2O2/c1-11-6-2-3-7-12(11)15(20)10-18-16(21)19-14-9-5-4-8-13(14)17/h2-9,15,20H,10H2,1H3,(H2,18,19,21). The van der Waals surface area contributed by atoms with E-state index in [0.29, 0.717) is 10.7 Å². The number of benzene rings is 2. The van der Waals surface area contributed by atoms with E-state index < -0.39 is 12.1 Å². The highest BCUT2D eigenvalue weighted by atomic mass is 35.5. The molecule has 0 heterocycles. The summed E-state index contributed by atoms with van der Waals surface area (Å²) in [4.78, 5) is 11.8. The van der Waals surface area contributed by atoms with Gasteiger partial charge in [0.25, 0.3) is 0 Å². The van der Waals surface area contributed by atoms with Crippen molar-refractivity contribution in [3.8, 4) is 0 Å². The zero-order valence-corrected chi connectivity index (χ0v) is 12.4. The largest absolute Gasteiger partial charge is 0.387 e. The first-order valence-electron chi connectivity index (χ1n) is 6.61. The molecule has 2 aromatic rings. The summed E-state index contributed by atoms with van der Waals surface area (Å²) >= 11 is 5.96. The Morgan fingerprint density at radius 3 is 2.57 bits per heavy atom. The lowest BCUT2D eigenvalue weighted by Gasteiger charge is -2.15. The lowest BCUT2D eigenvalue weighted by molar-refractivity contribution is 0.174. The average molecular weight is 305 g/mol. The normalized spacial score (nSPS) is 11.8. The van der Waals surface area contributed by atoms with Crippen molar-refractivity contribution in [1.82, 2.24) is 5.32 Å². The van der Waals surface area contributed by atoms with Crippen LogP contribution in [-0.4, -0.2) is 17.7 Å². The molecule has 1 atom stereocenters. The summed E-state index contributed by atoms with van der Waals surface area (Å²) in [5, 5.41) is 15.8. The van der Waals surface area contributed by atoms with Crippen LogP contribution >= 0.6 is 11.6 Å². The number of aryl methyl sites for hydroxylation is 1. The highest BCUT2D eigenvalue weighted by Crippen LogP contribution is 2.20. The molecule has 0 aromatic heterocycles. The van der Waals surface area contributed by atoms with E-state index in [-0.39, 0.29) is 6.54 Å². The molecule has 4 nitrogen and oxygen atoms in total. The number of hydrogen-bond donors (Lipinski definition) is 3. The van der Waals surface area contributed by atoms with Crippen LogP contribution in [0.4, 0.5) is 10.5 Å². The zero-order chi connectivity index (χ0) is 15.2. The van der Waals surface area contributed by atoms with E-state index in [1.54, 1.807) is 24.3 Å². The van der Waals surface area contributed by atoms with Crippen molar-refractivity contribution in [3.05, 3.63) is 64.7 Å². The van der Waals surface area contributed by atoms with E-state index in [2.05, 4.69) is 10.6 Å². The quantitative estimate of drug-likeness (QED) is 0.809. The fraction of sp³-hybridized carbons (Fsp3) is 0.188. The smallest absolute Gasteiger partial charge is 0.319 e. The molecule has 0 aliphatic rings. The van der Waals surface area contributed by atoms with Crippen LogP contribution in [0.25, 0.3) is 0 Å². The minimum atomic E-state index is -0.747. The first-order chi connectivity index (χ1) is 10.1. The lowest BCUT2D eigenvalue weighted by Crippen LogP contribution is -2.32. The van der Waals surface area contributed by atoms with Crippen molar-refractivity contribution in [3.63, 3.8) is 0 Å². The van der Waals surface area contributed by atoms with Gasteiger partial charge in [0, 0.05) is 6.54 Å². The Labute approximate surface area is 128 Å². The van der Waals surface area contributed by atoms with Crippen molar-refractivity contribution < 1.29 is 9.90 Å². The van der Waals surface area contributed by atoms with Crippen LogP contribution in [0.5, 0.6) is 0 Å². The number of aliphatic hydroxyl groups is 1. The van der Waals surface area contributed by atoms with Crippen molar-refractivity contribution in [2.24, 2.45) is 0 Å². The van der Waals surface area contributed by atoms with Crippen LogP contribution in [0.3, 0.4) is 0 Å². The average Bonchev–Trinajstić information content (AvgIpc) is 2.48. The van der Waals surface area contributed by atoms with Crippen LogP contribution in [0.1, 0.15) is 17.2 Å². The van der Waals surface area contributed by atoms with E-state index in [4.69, 9.17) is 11.6 Å². The van der Waals surface area contributed by atoms with Gasteiger partial charge in [-0.3, -0.25) is 0 Å². The molecular weight excluding hydrogens is 288 g/mol. The molecule has 0 saturated carbocycles. The first kappa shape index (κ1) is 15.4. The number of anilines is 1. The van der Waals surface area contributed by atoms with Crippen LogP contribution in [0, 0.1) is 6.92 Å². The van der Waals surface area contributed by atoms with Gasteiger partial charge in [-0.2, -0.15) is 0 Å². The number of urea groups is 1. The van der Waals surface area contributed by atoms with E-state index in [9.17, 15) is 9.90 Å². The molecule has 0 aliphatic carbocycles. The number of aliphatic hydroxyl groups excluding tert-OH is 1. The molecule has 21 heavy (non-hydrogen) atoms. The Hall–Kier alpha value is -2.04. The maximum absolute atomic E-state index is 11.8. The highest BCUT2D eigenvalue weighted by Gasteiger charge is 2.11. The Bertz CT molecular complexity index is 631. The summed E-state index contributed by atoms with van der Waals surface area (Å²) in [6, 6.07) is 14.1. The number of carbonyl (C=O) groups excluding carboxylic acids is 1. The Kier molecular flexibility index (Phi) is 5.20. The maximum atomic E-state index is 11.8. The maximum Gasteiger partial charge on any atom is 0.319 e. The third kappa shape index (κ3) is 4.21. The fourth-order valence-corrected chi connectivity index (χ4v) is 2.17. The van der Waals surface area contributed by atoms with Gasteiger partial charge in [-0.15, -0.1) is 0 Å². The molecule has 0 aliphatic heterocycles. The van der Waals surface area contributed by atoms with Crippen LogP contribution in [0.2, 0.25) is 5.02 Å². The van der Waals surface area contributed by atoms with E-state index in [1.807, 2.05) is 31.2 Å². The predicted octanol–water partition coefficient (Wildman–Crippen LogP) is 3.50. The van der Waals surface area contributed by atoms with E-state index in [0.717, 1.165) is 11.1 Å². The lowest BCUT2D eigenvalue weighted by atomic mass is 10.0. The van der Waals surface area contributed by atoms with Crippen LogP contribution in [-0.2, 0) is 0 Å². The molecule has 0 spiro atoms. The van der Waals surface area contributed by atoms with Crippen LogP contribution < -0.4 is 10.6 Å². The van der Waals surface area contributed by atoms with Gasteiger partial charge in [0.2, 0.25) is 0 Å². The van der Waals surface area contributed by atoms with Crippen molar-refractivity contribution in [2.75, 3.05) is 11.9 Å². The number of carbonyl (C=O) groups is 1. The Balaban J connectivity index is 1.90. The molecule has 5 heteroatoms. The fourth-order valence-electron chi connectivity index (χ4n) is 1.99. The molecule has 0 bridgehead atoms. The van der Waals surface area contributed by atoms with E-state index >= 15 is 0 Å². The second-order valence-corrected chi connectivity index (χ2v) is 5.09. The second-order valence-electron chi connectivity index (χ2n) is 4.69. The topological polar surface area (TPSA) is 61.4 Å². The zero-order valence-electron chi connectivity index (χ0n) is 11.6. The molecule has 2 amide bonds. The highest BCUT2D eigenvalue weighted by molar-refractivity contribution is 6.33. The van der Waals surface area contributed by atoms with Gasteiger partial charge in [-0.05, 0) is 30.2 Å². The SMILES string of the molecule is Cc1ccccc1C(O)CNC(=O)Nc1ccccc1Cl. The van der Waals surface area contributed by atoms with Gasteiger partial charge in [0.05, 0.1) is 16.8 Å². The molecule has 0 saturated heterocycles. The molecule has 110 valence electrons. The number of halogens is 1.